The summed E-state index contributed by atoms with van der Waals surface area (Å²) in [6, 6.07) is 3.94. The number of halogens is 1. The van der Waals surface area contributed by atoms with E-state index in [0.29, 0.717) is 18.6 Å². The number of sulfonamides is 1. The van der Waals surface area contributed by atoms with Crippen LogP contribution in [0.2, 0.25) is 5.02 Å². The minimum Gasteiger partial charge on any atom is -0.375 e. The van der Waals surface area contributed by atoms with Crippen molar-refractivity contribution >= 4 is 27.5 Å². The number of primary sulfonamides is 1. The lowest BCUT2D eigenvalue weighted by molar-refractivity contribution is -0.0615. The predicted molar refractivity (Wildman–Crippen MR) is 83.3 cm³/mol. The summed E-state index contributed by atoms with van der Waals surface area (Å²) in [5.74, 6) is -0.300. The van der Waals surface area contributed by atoms with E-state index < -0.39 is 10.0 Å². The van der Waals surface area contributed by atoms with Crippen molar-refractivity contribution in [2.75, 3.05) is 6.61 Å². The number of ether oxygens (including phenoxy) is 1. The molecule has 8 heteroatoms. The Kier molecular flexibility index (Phi) is 4.81. The molecular weight excluding hydrogens is 328 g/mol. The largest absolute Gasteiger partial charge is 0.375 e. The van der Waals surface area contributed by atoms with Gasteiger partial charge in [0.05, 0.1) is 10.6 Å². The molecule has 1 aromatic rings. The summed E-state index contributed by atoms with van der Waals surface area (Å²) in [5.41, 5.74) is 0.0207. The first-order valence-electron chi connectivity index (χ1n) is 6.86. The molecule has 122 valence electrons. The molecule has 0 aromatic heterocycles. The Morgan fingerprint density at radius 2 is 2.14 bits per heavy atom. The van der Waals surface area contributed by atoms with Crippen LogP contribution < -0.4 is 10.5 Å². The standard InChI is InChI=1S/C14H19ClN2O4S/c1-14(2)8-10(5-6-21-14)17-13(18)9-3-4-12(11(15)7-9)22(16,19)20/h3-4,7,10H,5-6,8H2,1-2H3,(H,17,18)(H2,16,19,20)/t10-/m0/s1. The highest BCUT2D eigenvalue weighted by Crippen LogP contribution is 2.25. The molecule has 1 amide bonds. The number of nitrogens with two attached hydrogens (primary N) is 1. The van der Waals surface area contributed by atoms with Gasteiger partial charge in [-0.2, -0.15) is 0 Å². The molecule has 1 aliphatic rings. The molecule has 22 heavy (non-hydrogen) atoms. The fourth-order valence-electron chi connectivity index (χ4n) is 2.50. The fraction of sp³-hybridized carbons (Fsp3) is 0.500. The summed E-state index contributed by atoms with van der Waals surface area (Å²) >= 11 is 5.89. The zero-order chi connectivity index (χ0) is 16.5. The third-order valence-electron chi connectivity index (χ3n) is 3.53. The van der Waals surface area contributed by atoms with Crippen molar-refractivity contribution in [2.45, 2.75) is 43.2 Å². The van der Waals surface area contributed by atoms with E-state index in [9.17, 15) is 13.2 Å². The van der Waals surface area contributed by atoms with Gasteiger partial charge >= 0.3 is 0 Å². The van der Waals surface area contributed by atoms with Gasteiger partial charge < -0.3 is 10.1 Å². The van der Waals surface area contributed by atoms with Crippen molar-refractivity contribution in [3.63, 3.8) is 0 Å². The minimum atomic E-state index is -3.90. The molecule has 0 saturated carbocycles. The molecule has 6 nitrogen and oxygen atoms in total. The van der Waals surface area contributed by atoms with Crippen molar-refractivity contribution < 1.29 is 17.9 Å². The lowest BCUT2D eigenvalue weighted by Crippen LogP contribution is -2.45. The maximum absolute atomic E-state index is 12.2. The maximum atomic E-state index is 12.2. The van der Waals surface area contributed by atoms with Gasteiger partial charge in [-0.3, -0.25) is 4.79 Å². The van der Waals surface area contributed by atoms with Gasteiger partial charge in [-0.05, 0) is 44.9 Å². The number of carbonyl (C=O) groups excluding carboxylic acids is 1. The number of benzene rings is 1. The normalized spacial score (nSPS) is 21.4. The van der Waals surface area contributed by atoms with Crippen molar-refractivity contribution in [2.24, 2.45) is 5.14 Å². The molecule has 0 bridgehead atoms. The molecule has 1 fully saturated rings. The SMILES string of the molecule is CC1(C)C[C@@H](NC(=O)c2ccc(S(N)(=O)=O)c(Cl)c2)CCO1. The van der Waals surface area contributed by atoms with E-state index in [1.807, 2.05) is 13.8 Å². The smallest absolute Gasteiger partial charge is 0.251 e. The molecule has 0 spiro atoms. The Morgan fingerprint density at radius 1 is 1.45 bits per heavy atom. The Balaban J connectivity index is 2.12. The Labute approximate surface area is 135 Å². The summed E-state index contributed by atoms with van der Waals surface area (Å²) in [6.07, 6.45) is 1.44. The fourth-order valence-corrected chi connectivity index (χ4v) is 3.59. The number of carbonyl (C=O) groups is 1. The van der Waals surface area contributed by atoms with Crippen LogP contribution in [0.25, 0.3) is 0 Å². The van der Waals surface area contributed by atoms with E-state index >= 15 is 0 Å². The van der Waals surface area contributed by atoms with E-state index in [2.05, 4.69) is 5.32 Å². The van der Waals surface area contributed by atoms with Gasteiger partial charge in [0.25, 0.3) is 5.91 Å². The molecule has 3 N–H and O–H groups in total. The van der Waals surface area contributed by atoms with E-state index in [4.69, 9.17) is 21.5 Å². The molecule has 1 atom stereocenters. The summed E-state index contributed by atoms with van der Waals surface area (Å²) in [5, 5.41) is 7.89. The van der Waals surface area contributed by atoms with Gasteiger partial charge in [0.1, 0.15) is 4.90 Å². The highest BCUT2D eigenvalue weighted by atomic mass is 35.5. The summed E-state index contributed by atoms with van der Waals surface area (Å²) in [4.78, 5) is 12.0. The summed E-state index contributed by atoms with van der Waals surface area (Å²) < 4.78 is 28.2. The molecule has 0 unspecified atom stereocenters. The molecule has 1 heterocycles. The number of nitrogens with one attached hydrogen (secondary N) is 1. The first-order chi connectivity index (χ1) is 10.1. The van der Waals surface area contributed by atoms with Crippen LogP contribution in [0.4, 0.5) is 0 Å². The lowest BCUT2D eigenvalue weighted by Gasteiger charge is -2.35. The maximum Gasteiger partial charge on any atom is 0.251 e. The quantitative estimate of drug-likeness (QED) is 0.869. The molecule has 0 radical (unpaired) electrons. The molecule has 1 aliphatic heterocycles. The number of amides is 1. The van der Waals surface area contributed by atoms with Crippen LogP contribution in [0.3, 0.4) is 0 Å². The Morgan fingerprint density at radius 3 is 2.68 bits per heavy atom. The van der Waals surface area contributed by atoms with Gasteiger partial charge in [0, 0.05) is 18.2 Å². The van der Waals surface area contributed by atoms with E-state index in [-0.39, 0.29) is 27.5 Å². The lowest BCUT2D eigenvalue weighted by atomic mass is 9.94. The molecular formula is C14H19ClN2O4S. The molecule has 2 rings (SSSR count). The van der Waals surface area contributed by atoms with Crippen LogP contribution in [0.5, 0.6) is 0 Å². The van der Waals surface area contributed by atoms with Crippen LogP contribution in [0, 0.1) is 0 Å². The van der Waals surface area contributed by atoms with Crippen LogP contribution in [0.15, 0.2) is 23.1 Å². The van der Waals surface area contributed by atoms with Crippen LogP contribution in [0.1, 0.15) is 37.0 Å². The summed E-state index contributed by atoms with van der Waals surface area (Å²) in [7, 11) is -3.90. The molecule has 1 saturated heterocycles. The third kappa shape index (κ3) is 4.19. The van der Waals surface area contributed by atoms with E-state index in [1.54, 1.807) is 0 Å². The first kappa shape index (κ1) is 17.2. The van der Waals surface area contributed by atoms with Crippen LogP contribution in [-0.2, 0) is 14.8 Å². The van der Waals surface area contributed by atoms with Gasteiger partial charge in [-0.25, -0.2) is 13.6 Å². The average molecular weight is 347 g/mol. The Bertz CT molecular complexity index is 688. The Hall–Kier alpha value is -1.15. The highest BCUT2D eigenvalue weighted by Gasteiger charge is 2.30. The van der Waals surface area contributed by atoms with Gasteiger partial charge in [-0.15, -0.1) is 0 Å². The highest BCUT2D eigenvalue weighted by molar-refractivity contribution is 7.89. The van der Waals surface area contributed by atoms with E-state index in [0.717, 1.165) is 6.42 Å². The predicted octanol–water partition coefficient (Wildman–Crippen LogP) is 1.67. The van der Waals surface area contributed by atoms with Crippen LogP contribution >= 0.6 is 11.6 Å². The third-order valence-corrected chi connectivity index (χ3v) is 4.93. The average Bonchev–Trinajstić information content (AvgIpc) is 2.35. The number of hydrogen-bond donors (Lipinski definition) is 2. The number of hydrogen-bond acceptors (Lipinski definition) is 4. The van der Waals surface area contributed by atoms with Gasteiger partial charge in [-0.1, -0.05) is 11.6 Å². The zero-order valence-electron chi connectivity index (χ0n) is 12.4. The minimum absolute atomic E-state index is 0.00735. The topological polar surface area (TPSA) is 98.5 Å². The first-order valence-corrected chi connectivity index (χ1v) is 8.78. The van der Waals surface area contributed by atoms with E-state index in [1.165, 1.54) is 18.2 Å². The van der Waals surface area contributed by atoms with Gasteiger partial charge in [0.2, 0.25) is 10.0 Å². The van der Waals surface area contributed by atoms with Crippen LogP contribution in [-0.4, -0.2) is 32.6 Å². The van der Waals surface area contributed by atoms with Crippen molar-refractivity contribution in [1.82, 2.24) is 5.32 Å². The van der Waals surface area contributed by atoms with Crippen molar-refractivity contribution in [1.29, 1.82) is 0 Å². The second kappa shape index (κ2) is 6.16. The van der Waals surface area contributed by atoms with Crippen molar-refractivity contribution in [3.05, 3.63) is 28.8 Å². The summed E-state index contributed by atoms with van der Waals surface area (Å²) in [6.45, 7) is 4.54. The monoisotopic (exact) mass is 346 g/mol. The molecule has 0 aliphatic carbocycles. The second-order valence-corrected chi connectivity index (χ2v) is 7.90. The van der Waals surface area contributed by atoms with Crippen molar-refractivity contribution in [3.8, 4) is 0 Å². The molecule has 1 aromatic carbocycles. The zero-order valence-corrected chi connectivity index (χ0v) is 14.0. The number of rotatable bonds is 3. The second-order valence-electron chi connectivity index (χ2n) is 5.96. The van der Waals surface area contributed by atoms with Gasteiger partial charge in [0.15, 0.2) is 0 Å².